The average Bonchev–Trinajstić information content (AvgIpc) is 2.59. The third-order valence-electron chi connectivity index (χ3n) is 2.37. The van der Waals surface area contributed by atoms with Crippen molar-refractivity contribution in [3.63, 3.8) is 0 Å². The lowest BCUT2D eigenvalue weighted by Crippen LogP contribution is -2.33. The van der Waals surface area contributed by atoms with Crippen LogP contribution in [-0.4, -0.2) is 27.5 Å². The van der Waals surface area contributed by atoms with Gasteiger partial charge in [-0.3, -0.25) is 0 Å². The molecule has 0 aliphatic carbocycles. The quantitative estimate of drug-likeness (QED) is 0.913. The van der Waals surface area contributed by atoms with Crippen LogP contribution in [0.5, 0.6) is 0 Å². The van der Waals surface area contributed by atoms with Gasteiger partial charge in [-0.2, -0.15) is 18.2 Å². The molecule has 7 heteroatoms. The van der Waals surface area contributed by atoms with Gasteiger partial charge >= 0.3 is 6.18 Å². The zero-order chi connectivity index (χ0) is 14.1. The minimum absolute atomic E-state index is 0.0903. The van der Waals surface area contributed by atoms with Gasteiger partial charge in [0.2, 0.25) is 5.89 Å². The van der Waals surface area contributed by atoms with Crippen LogP contribution in [0.25, 0.3) is 0 Å². The van der Waals surface area contributed by atoms with E-state index < -0.39 is 18.2 Å². The SMILES string of the molecule is CC(c1nc(CC(C)(C)C)no1)C(O)C(F)(F)F. The second kappa shape index (κ2) is 4.87. The highest BCUT2D eigenvalue weighted by Gasteiger charge is 2.44. The summed E-state index contributed by atoms with van der Waals surface area (Å²) in [7, 11) is 0. The molecule has 0 radical (unpaired) electrons. The van der Waals surface area contributed by atoms with E-state index in [1.54, 1.807) is 0 Å². The number of hydrogen-bond acceptors (Lipinski definition) is 4. The summed E-state index contributed by atoms with van der Waals surface area (Å²) in [5.41, 5.74) is -0.0903. The lowest BCUT2D eigenvalue weighted by atomic mass is 9.92. The van der Waals surface area contributed by atoms with Crippen LogP contribution in [0.3, 0.4) is 0 Å². The van der Waals surface area contributed by atoms with Crippen molar-refractivity contribution in [3.8, 4) is 0 Å². The molecule has 18 heavy (non-hydrogen) atoms. The molecule has 0 amide bonds. The van der Waals surface area contributed by atoms with Crippen molar-refractivity contribution in [2.45, 2.75) is 52.3 Å². The Morgan fingerprint density at radius 1 is 1.28 bits per heavy atom. The molecule has 0 saturated carbocycles. The standard InChI is InChI=1S/C11H17F3N2O2/c1-6(8(17)11(12,13)14)9-15-7(16-18-9)5-10(2,3)4/h6,8,17H,5H2,1-4H3. The third-order valence-corrected chi connectivity index (χ3v) is 2.37. The Morgan fingerprint density at radius 2 is 1.83 bits per heavy atom. The highest BCUT2D eigenvalue weighted by molar-refractivity contribution is 4.98. The van der Waals surface area contributed by atoms with Gasteiger partial charge in [0.05, 0.1) is 5.92 Å². The maximum Gasteiger partial charge on any atom is 0.415 e. The molecule has 4 nitrogen and oxygen atoms in total. The number of halogens is 3. The van der Waals surface area contributed by atoms with Crippen LogP contribution >= 0.6 is 0 Å². The molecule has 2 unspecified atom stereocenters. The second-order valence-electron chi connectivity index (χ2n) is 5.56. The van der Waals surface area contributed by atoms with Gasteiger partial charge < -0.3 is 9.63 Å². The van der Waals surface area contributed by atoms with Crippen molar-refractivity contribution in [3.05, 3.63) is 11.7 Å². The number of rotatable bonds is 3. The summed E-state index contributed by atoms with van der Waals surface area (Å²) in [6, 6.07) is 0. The number of aliphatic hydroxyl groups is 1. The summed E-state index contributed by atoms with van der Waals surface area (Å²) in [5, 5.41) is 12.7. The summed E-state index contributed by atoms with van der Waals surface area (Å²) in [6.45, 7) is 7.07. The number of aromatic nitrogens is 2. The van der Waals surface area contributed by atoms with Gasteiger partial charge in [-0.1, -0.05) is 32.9 Å². The Labute approximate surface area is 103 Å². The van der Waals surface area contributed by atoms with E-state index in [9.17, 15) is 13.2 Å². The zero-order valence-corrected chi connectivity index (χ0v) is 10.7. The first-order valence-electron chi connectivity index (χ1n) is 5.58. The molecule has 0 fully saturated rings. The number of aliphatic hydroxyl groups excluding tert-OH is 1. The molecule has 1 rings (SSSR count). The fourth-order valence-corrected chi connectivity index (χ4v) is 1.42. The van der Waals surface area contributed by atoms with E-state index in [0.717, 1.165) is 0 Å². The van der Waals surface area contributed by atoms with Crippen LogP contribution in [0.15, 0.2) is 4.52 Å². The van der Waals surface area contributed by atoms with Crippen LogP contribution in [-0.2, 0) is 6.42 Å². The molecule has 1 N–H and O–H groups in total. The van der Waals surface area contributed by atoms with Crippen molar-refractivity contribution in [2.24, 2.45) is 5.41 Å². The Morgan fingerprint density at radius 3 is 2.28 bits per heavy atom. The van der Waals surface area contributed by atoms with Gasteiger partial charge in [0, 0.05) is 6.42 Å². The van der Waals surface area contributed by atoms with Crippen molar-refractivity contribution in [2.75, 3.05) is 0 Å². The zero-order valence-electron chi connectivity index (χ0n) is 10.7. The summed E-state index contributed by atoms with van der Waals surface area (Å²) in [4.78, 5) is 3.89. The van der Waals surface area contributed by atoms with E-state index in [4.69, 9.17) is 9.63 Å². The van der Waals surface area contributed by atoms with Gasteiger partial charge in [-0.15, -0.1) is 0 Å². The van der Waals surface area contributed by atoms with Crippen molar-refractivity contribution >= 4 is 0 Å². The van der Waals surface area contributed by atoms with Crippen molar-refractivity contribution in [1.29, 1.82) is 0 Å². The molecule has 0 aliphatic heterocycles. The van der Waals surface area contributed by atoms with Gasteiger partial charge in [0.25, 0.3) is 0 Å². The molecule has 0 spiro atoms. The van der Waals surface area contributed by atoms with E-state index in [1.807, 2.05) is 20.8 Å². The highest BCUT2D eigenvalue weighted by Crippen LogP contribution is 2.31. The van der Waals surface area contributed by atoms with Crippen LogP contribution < -0.4 is 0 Å². The third kappa shape index (κ3) is 3.97. The maximum absolute atomic E-state index is 12.3. The van der Waals surface area contributed by atoms with E-state index in [1.165, 1.54) is 6.92 Å². The van der Waals surface area contributed by atoms with Gasteiger partial charge in [0.15, 0.2) is 11.9 Å². The minimum Gasteiger partial charge on any atom is -0.383 e. The molecule has 0 aromatic carbocycles. The molecule has 0 saturated heterocycles. The predicted molar refractivity (Wildman–Crippen MR) is 57.9 cm³/mol. The molecule has 1 heterocycles. The monoisotopic (exact) mass is 266 g/mol. The topological polar surface area (TPSA) is 59.2 Å². The Bertz CT molecular complexity index is 396. The van der Waals surface area contributed by atoms with Crippen molar-refractivity contribution < 1.29 is 22.8 Å². The minimum atomic E-state index is -4.70. The molecular formula is C11H17F3N2O2. The maximum atomic E-state index is 12.3. The molecule has 104 valence electrons. The molecule has 1 aromatic heterocycles. The number of hydrogen-bond donors (Lipinski definition) is 1. The molecule has 0 bridgehead atoms. The Kier molecular flexibility index (Phi) is 4.05. The smallest absolute Gasteiger partial charge is 0.383 e. The van der Waals surface area contributed by atoms with E-state index >= 15 is 0 Å². The summed E-state index contributed by atoms with van der Waals surface area (Å²) < 4.78 is 41.7. The van der Waals surface area contributed by atoms with Gasteiger partial charge in [0.1, 0.15) is 0 Å². The summed E-state index contributed by atoms with van der Waals surface area (Å²) >= 11 is 0. The highest BCUT2D eigenvalue weighted by atomic mass is 19.4. The largest absolute Gasteiger partial charge is 0.415 e. The summed E-state index contributed by atoms with van der Waals surface area (Å²) in [6.07, 6.45) is -6.70. The lowest BCUT2D eigenvalue weighted by molar-refractivity contribution is -0.210. The fourth-order valence-electron chi connectivity index (χ4n) is 1.42. The molecule has 1 aromatic rings. The van der Waals surface area contributed by atoms with E-state index in [0.29, 0.717) is 12.2 Å². The van der Waals surface area contributed by atoms with Crippen LogP contribution in [0.4, 0.5) is 13.2 Å². The first-order valence-corrected chi connectivity index (χ1v) is 5.58. The molecule has 2 atom stereocenters. The number of alkyl halides is 3. The first kappa shape index (κ1) is 14.9. The Balaban J connectivity index is 2.80. The fraction of sp³-hybridized carbons (Fsp3) is 0.818. The average molecular weight is 266 g/mol. The van der Waals surface area contributed by atoms with Crippen LogP contribution in [0.2, 0.25) is 0 Å². The Hall–Kier alpha value is -1.11. The van der Waals surface area contributed by atoms with Gasteiger partial charge in [-0.25, -0.2) is 0 Å². The normalized spacial score (nSPS) is 16.7. The second-order valence-corrected chi connectivity index (χ2v) is 5.56. The summed E-state index contributed by atoms with van der Waals surface area (Å²) in [5.74, 6) is -1.12. The van der Waals surface area contributed by atoms with Crippen molar-refractivity contribution in [1.82, 2.24) is 10.1 Å². The van der Waals surface area contributed by atoms with E-state index in [-0.39, 0.29) is 11.3 Å². The van der Waals surface area contributed by atoms with Crippen LogP contribution in [0, 0.1) is 5.41 Å². The molecule has 0 aliphatic rings. The van der Waals surface area contributed by atoms with E-state index in [2.05, 4.69) is 10.1 Å². The lowest BCUT2D eigenvalue weighted by Gasteiger charge is -2.18. The predicted octanol–water partition coefficient (Wildman–Crippen LogP) is 2.68. The van der Waals surface area contributed by atoms with Crippen LogP contribution in [0.1, 0.15) is 45.3 Å². The number of nitrogens with zero attached hydrogens (tertiary/aromatic N) is 2. The first-order chi connectivity index (χ1) is 8.00. The van der Waals surface area contributed by atoms with Gasteiger partial charge in [-0.05, 0) is 5.41 Å². The molecular weight excluding hydrogens is 249 g/mol.